The molecule has 14 heavy (non-hydrogen) atoms. The number of aromatic nitrogens is 2. The highest BCUT2D eigenvalue weighted by atomic mass is 15.3. The molecule has 0 saturated heterocycles. The van der Waals surface area contributed by atoms with Crippen LogP contribution in [0.4, 0.5) is 11.5 Å². The maximum atomic E-state index is 5.77. The van der Waals surface area contributed by atoms with Crippen LogP contribution in [0.15, 0.2) is 6.20 Å². The summed E-state index contributed by atoms with van der Waals surface area (Å²) in [5, 5.41) is 7.55. The first-order chi connectivity index (χ1) is 6.63. The zero-order valence-electron chi connectivity index (χ0n) is 9.25. The summed E-state index contributed by atoms with van der Waals surface area (Å²) in [4.78, 5) is 0. The maximum absolute atomic E-state index is 5.77. The first-order valence-corrected chi connectivity index (χ1v) is 5.19. The molecule has 3 N–H and O–H groups in total. The van der Waals surface area contributed by atoms with Gasteiger partial charge in [-0.15, -0.1) is 0 Å². The smallest absolute Gasteiger partial charge is 0.171 e. The van der Waals surface area contributed by atoms with E-state index in [9.17, 15) is 0 Å². The van der Waals surface area contributed by atoms with Gasteiger partial charge in [0.1, 0.15) is 0 Å². The first-order valence-electron chi connectivity index (χ1n) is 5.19. The van der Waals surface area contributed by atoms with Gasteiger partial charge in [-0.2, -0.15) is 5.10 Å². The van der Waals surface area contributed by atoms with Crippen molar-refractivity contribution >= 4 is 11.5 Å². The predicted octanol–water partition coefficient (Wildman–Crippen LogP) is 1.99. The van der Waals surface area contributed by atoms with Crippen molar-refractivity contribution in [2.45, 2.75) is 39.2 Å². The highest BCUT2D eigenvalue weighted by Gasteiger charge is 2.07. The molecule has 0 amide bonds. The average molecular weight is 196 g/mol. The lowest BCUT2D eigenvalue weighted by atomic mass is 10.1. The number of anilines is 2. The van der Waals surface area contributed by atoms with Crippen molar-refractivity contribution in [3.05, 3.63) is 6.20 Å². The van der Waals surface area contributed by atoms with Crippen LogP contribution in [0.1, 0.15) is 33.1 Å². The van der Waals surface area contributed by atoms with E-state index in [4.69, 9.17) is 5.73 Å². The molecule has 1 atom stereocenters. The fourth-order valence-electron chi connectivity index (χ4n) is 1.43. The molecule has 0 fully saturated rings. The van der Waals surface area contributed by atoms with Gasteiger partial charge in [-0.05, 0) is 13.3 Å². The van der Waals surface area contributed by atoms with Crippen LogP contribution in [0.3, 0.4) is 0 Å². The zero-order valence-corrected chi connectivity index (χ0v) is 9.25. The number of hydrogen-bond acceptors (Lipinski definition) is 3. The number of unbranched alkanes of at least 4 members (excludes halogenated alkanes) is 1. The van der Waals surface area contributed by atoms with E-state index in [1.54, 1.807) is 4.68 Å². The van der Waals surface area contributed by atoms with E-state index in [1.165, 1.54) is 12.8 Å². The quantitative estimate of drug-likeness (QED) is 0.757. The summed E-state index contributed by atoms with van der Waals surface area (Å²) in [7, 11) is 1.87. The van der Waals surface area contributed by atoms with E-state index in [2.05, 4.69) is 24.3 Å². The Morgan fingerprint density at radius 1 is 1.64 bits per heavy atom. The Bertz CT molecular complexity index is 280. The van der Waals surface area contributed by atoms with Crippen LogP contribution in [0, 0.1) is 0 Å². The maximum Gasteiger partial charge on any atom is 0.171 e. The Kier molecular flexibility index (Phi) is 3.80. The Balaban J connectivity index is 2.47. The van der Waals surface area contributed by atoms with Crippen molar-refractivity contribution in [1.82, 2.24) is 9.78 Å². The number of nitrogens with two attached hydrogens (primary N) is 1. The third-order valence-corrected chi connectivity index (χ3v) is 2.23. The van der Waals surface area contributed by atoms with Gasteiger partial charge in [0.05, 0.1) is 5.69 Å². The molecule has 0 aliphatic carbocycles. The van der Waals surface area contributed by atoms with E-state index in [0.29, 0.717) is 6.04 Å². The Morgan fingerprint density at radius 3 is 2.86 bits per heavy atom. The standard InChI is InChI=1S/C10H20N4/c1-4-5-6-8(2)12-10-9(11)7-14(3)13-10/h7-8H,4-6,11H2,1-3H3,(H,12,13). The monoisotopic (exact) mass is 196 g/mol. The minimum Gasteiger partial charge on any atom is -0.394 e. The van der Waals surface area contributed by atoms with E-state index < -0.39 is 0 Å². The fraction of sp³-hybridized carbons (Fsp3) is 0.700. The van der Waals surface area contributed by atoms with Crippen molar-refractivity contribution < 1.29 is 0 Å². The van der Waals surface area contributed by atoms with Gasteiger partial charge >= 0.3 is 0 Å². The fourth-order valence-corrected chi connectivity index (χ4v) is 1.43. The molecule has 1 unspecified atom stereocenters. The van der Waals surface area contributed by atoms with Gasteiger partial charge in [0.25, 0.3) is 0 Å². The lowest BCUT2D eigenvalue weighted by molar-refractivity contribution is 0.640. The van der Waals surface area contributed by atoms with E-state index in [-0.39, 0.29) is 0 Å². The second-order valence-electron chi connectivity index (χ2n) is 3.79. The minimum absolute atomic E-state index is 0.437. The molecular weight excluding hydrogens is 176 g/mol. The summed E-state index contributed by atoms with van der Waals surface area (Å²) in [5.74, 6) is 0.802. The molecular formula is C10H20N4. The average Bonchev–Trinajstić information content (AvgIpc) is 2.42. The van der Waals surface area contributed by atoms with Crippen molar-refractivity contribution in [2.24, 2.45) is 7.05 Å². The third-order valence-electron chi connectivity index (χ3n) is 2.23. The molecule has 4 nitrogen and oxygen atoms in total. The van der Waals surface area contributed by atoms with Crippen molar-refractivity contribution in [3.8, 4) is 0 Å². The number of nitrogens with one attached hydrogen (secondary N) is 1. The second-order valence-corrected chi connectivity index (χ2v) is 3.79. The van der Waals surface area contributed by atoms with Gasteiger partial charge in [0.2, 0.25) is 0 Å². The SMILES string of the molecule is CCCCC(C)Nc1nn(C)cc1N. The summed E-state index contributed by atoms with van der Waals surface area (Å²) in [6.07, 6.45) is 5.44. The van der Waals surface area contributed by atoms with Crippen LogP contribution in [-0.4, -0.2) is 15.8 Å². The first kappa shape index (κ1) is 10.9. The van der Waals surface area contributed by atoms with Gasteiger partial charge in [-0.1, -0.05) is 19.8 Å². The molecule has 0 bridgehead atoms. The van der Waals surface area contributed by atoms with Crippen LogP contribution in [-0.2, 0) is 7.05 Å². The molecule has 0 aliphatic rings. The largest absolute Gasteiger partial charge is 0.394 e. The highest BCUT2D eigenvalue weighted by Crippen LogP contribution is 2.16. The number of nitrogen functional groups attached to an aromatic ring is 1. The van der Waals surface area contributed by atoms with Gasteiger partial charge in [-0.25, -0.2) is 0 Å². The van der Waals surface area contributed by atoms with E-state index >= 15 is 0 Å². The molecule has 0 aliphatic heterocycles. The summed E-state index contributed by atoms with van der Waals surface area (Å²) < 4.78 is 1.73. The summed E-state index contributed by atoms with van der Waals surface area (Å²) in [6.45, 7) is 4.35. The molecule has 1 aromatic rings. The van der Waals surface area contributed by atoms with E-state index in [1.807, 2.05) is 13.2 Å². The molecule has 0 spiro atoms. The molecule has 0 radical (unpaired) electrons. The Labute approximate surface area is 85.5 Å². The Morgan fingerprint density at radius 2 is 2.36 bits per heavy atom. The zero-order chi connectivity index (χ0) is 10.6. The molecule has 1 rings (SSSR count). The van der Waals surface area contributed by atoms with Crippen LogP contribution in [0.25, 0.3) is 0 Å². The summed E-state index contributed by atoms with van der Waals surface area (Å²) >= 11 is 0. The molecule has 0 saturated carbocycles. The predicted molar refractivity (Wildman–Crippen MR) is 60.2 cm³/mol. The number of aryl methyl sites for hydroxylation is 1. The van der Waals surface area contributed by atoms with Gasteiger partial charge in [0, 0.05) is 19.3 Å². The summed E-state index contributed by atoms with van der Waals surface area (Å²) in [6, 6.07) is 0.437. The van der Waals surface area contributed by atoms with Crippen LogP contribution < -0.4 is 11.1 Å². The van der Waals surface area contributed by atoms with Crippen molar-refractivity contribution in [3.63, 3.8) is 0 Å². The molecule has 4 heteroatoms. The number of nitrogens with zero attached hydrogens (tertiary/aromatic N) is 2. The number of rotatable bonds is 5. The summed E-state index contributed by atoms with van der Waals surface area (Å²) in [5.41, 5.74) is 6.49. The van der Waals surface area contributed by atoms with Crippen LogP contribution >= 0.6 is 0 Å². The molecule has 0 aromatic carbocycles. The van der Waals surface area contributed by atoms with Crippen LogP contribution in [0.2, 0.25) is 0 Å². The second kappa shape index (κ2) is 4.88. The third kappa shape index (κ3) is 2.94. The van der Waals surface area contributed by atoms with Gasteiger partial charge in [-0.3, -0.25) is 4.68 Å². The lowest BCUT2D eigenvalue weighted by Crippen LogP contribution is -2.16. The molecule has 1 aromatic heterocycles. The normalized spacial score (nSPS) is 12.8. The van der Waals surface area contributed by atoms with Crippen molar-refractivity contribution in [2.75, 3.05) is 11.1 Å². The Hall–Kier alpha value is -1.19. The van der Waals surface area contributed by atoms with Crippen molar-refractivity contribution in [1.29, 1.82) is 0 Å². The number of hydrogen-bond donors (Lipinski definition) is 2. The topological polar surface area (TPSA) is 55.9 Å². The van der Waals surface area contributed by atoms with Gasteiger partial charge in [0.15, 0.2) is 5.82 Å². The van der Waals surface area contributed by atoms with E-state index in [0.717, 1.165) is 17.9 Å². The highest BCUT2D eigenvalue weighted by molar-refractivity contribution is 5.60. The van der Waals surface area contributed by atoms with Crippen LogP contribution in [0.5, 0.6) is 0 Å². The molecule has 1 heterocycles. The lowest BCUT2D eigenvalue weighted by Gasteiger charge is -2.12. The minimum atomic E-state index is 0.437. The molecule has 80 valence electrons. The van der Waals surface area contributed by atoms with Gasteiger partial charge < -0.3 is 11.1 Å².